The molecule has 1 saturated carbocycles. The van der Waals surface area contributed by atoms with Crippen LogP contribution in [0.3, 0.4) is 0 Å². The third kappa shape index (κ3) is 4.14. The first-order chi connectivity index (χ1) is 11.7. The van der Waals surface area contributed by atoms with E-state index >= 15 is 0 Å². The minimum Gasteiger partial charge on any atom is -0.394 e. The number of rotatable bonds is 6. The molecule has 128 valence electrons. The van der Waals surface area contributed by atoms with Crippen LogP contribution in [-0.2, 0) is 13.1 Å². The molecule has 1 aromatic heterocycles. The molecule has 0 unspecified atom stereocenters. The van der Waals surface area contributed by atoms with Crippen LogP contribution >= 0.6 is 0 Å². The molecular formula is C18H24N4O2. The van der Waals surface area contributed by atoms with Crippen LogP contribution in [0.15, 0.2) is 43.0 Å². The Morgan fingerprint density at radius 2 is 2.08 bits per heavy atom. The summed E-state index contributed by atoms with van der Waals surface area (Å²) in [6, 6.07) is 7.91. The van der Waals surface area contributed by atoms with E-state index in [4.69, 9.17) is 0 Å². The van der Waals surface area contributed by atoms with Crippen LogP contribution in [-0.4, -0.2) is 32.8 Å². The van der Waals surface area contributed by atoms with Gasteiger partial charge in [0.25, 0.3) is 0 Å². The van der Waals surface area contributed by atoms with Crippen LogP contribution < -0.4 is 10.6 Å². The highest BCUT2D eigenvalue weighted by molar-refractivity contribution is 5.74. The molecule has 1 aromatic carbocycles. The summed E-state index contributed by atoms with van der Waals surface area (Å²) < 4.78 is 2.00. The molecule has 0 radical (unpaired) electrons. The molecule has 24 heavy (non-hydrogen) atoms. The smallest absolute Gasteiger partial charge is 0.315 e. The van der Waals surface area contributed by atoms with E-state index in [0.29, 0.717) is 6.54 Å². The van der Waals surface area contributed by atoms with E-state index in [1.54, 1.807) is 12.5 Å². The number of aliphatic hydroxyl groups is 1. The maximum absolute atomic E-state index is 12.1. The quantitative estimate of drug-likeness (QED) is 0.759. The van der Waals surface area contributed by atoms with E-state index in [-0.39, 0.29) is 12.6 Å². The minimum atomic E-state index is -0.437. The molecule has 1 aliphatic carbocycles. The van der Waals surface area contributed by atoms with Crippen LogP contribution in [0.2, 0.25) is 0 Å². The maximum atomic E-state index is 12.1. The van der Waals surface area contributed by atoms with E-state index in [2.05, 4.69) is 27.8 Å². The van der Waals surface area contributed by atoms with Crippen molar-refractivity contribution in [3.63, 3.8) is 0 Å². The summed E-state index contributed by atoms with van der Waals surface area (Å²) in [5.74, 6) is 0. The lowest BCUT2D eigenvalue weighted by molar-refractivity contribution is 0.163. The summed E-state index contributed by atoms with van der Waals surface area (Å²) in [5.41, 5.74) is 1.77. The molecule has 3 rings (SSSR count). The van der Waals surface area contributed by atoms with Gasteiger partial charge in [0.1, 0.15) is 0 Å². The van der Waals surface area contributed by atoms with Gasteiger partial charge in [-0.05, 0) is 24.0 Å². The van der Waals surface area contributed by atoms with Crippen molar-refractivity contribution in [2.75, 3.05) is 6.61 Å². The maximum Gasteiger partial charge on any atom is 0.315 e. The van der Waals surface area contributed by atoms with Gasteiger partial charge in [0.15, 0.2) is 0 Å². The van der Waals surface area contributed by atoms with Crippen molar-refractivity contribution < 1.29 is 9.90 Å². The topological polar surface area (TPSA) is 79.2 Å². The lowest BCUT2D eigenvalue weighted by Gasteiger charge is -2.28. The fraction of sp³-hybridized carbons (Fsp3) is 0.444. The zero-order valence-electron chi connectivity index (χ0n) is 13.7. The van der Waals surface area contributed by atoms with Gasteiger partial charge in [-0.3, -0.25) is 0 Å². The van der Waals surface area contributed by atoms with Gasteiger partial charge >= 0.3 is 6.03 Å². The normalized spacial score (nSPS) is 16.0. The molecule has 0 spiro atoms. The summed E-state index contributed by atoms with van der Waals surface area (Å²) in [4.78, 5) is 16.2. The molecule has 6 nitrogen and oxygen atoms in total. The van der Waals surface area contributed by atoms with Crippen molar-refractivity contribution in [2.45, 2.75) is 44.3 Å². The fourth-order valence-electron chi connectivity index (χ4n) is 3.27. The summed E-state index contributed by atoms with van der Waals surface area (Å²) in [6.07, 6.45) is 9.27. The first-order valence-corrected chi connectivity index (χ1v) is 8.40. The highest BCUT2D eigenvalue weighted by atomic mass is 16.3. The Balaban J connectivity index is 1.53. The van der Waals surface area contributed by atoms with Crippen LogP contribution in [0.5, 0.6) is 0 Å². The van der Waals surface area contributed by atoms with E-state index in [1.807, 2.05) is 22.9 Å². The van der Waals surface area contributed by atoms with Crippen molar-refractivity contribution in [1.29, 1.82) is 0 Å². The molecule has 2 aromatic rings. The minimum absolute atomic E-state index is 0.000804. The predicted octanol–water partition coefficient (Wildman–Crippen LogP) is 2.04. The summed E-state index contributed by atoms with van der Waals surface area (Å²) >= 11 is 0. The third-order valence-electron chi connectivity index (χ3n) is 4.61. The van der Waals surface area contributed by atoms with Crippen molar-refractivity contribution in [2.24, 2.45) is 0 Å². The molecular weight excluding hydrogens is 304 g/mol. The number of urea groups is 1. The number of benzene rings is 1. The lowest BCUT2D eigenvalue weighted by atomic mass is 9.99. The number of imidazole rings is 1. The number of nitrogens with zero attached hydrogens (tertiary/aromatic N) is 2. The number of aliphatic hydroxyl groups excluding tert-OH is 1. The van der Waals surface area contributed by atoms with Gasteiger partial charge in [-0.25, -0.2) is 9.78 Å². The highest BCUT2D eigenvalue weighted by Gasteiger charge is 2.34. The Labute approximate surface area is 141 Å². The Morgan fingerprint density at radius 3 is 2.79 bits per heavy atom. The molecule has 1 fully saturated rings. The van der Waals surface area contributed by atoms with Gasteiger partial charge in [-0.15, -0.1) is 0 Å². The number of nitrogens with one attached hydrogen (secondary N) is 2. The SMILES string of the molecule is O=C(NCc1cccc(Cn2ccnc2)c1)NC1(CO)CCCC1. The number of aromatic nitrogens is 2. The van der Waals surface area contributed by atoms with Gasteiger partial charge in [-0.2, -0.15) is 0 Å². The molecule has 3 N–H and O–H groups in total. The van der Waals surface area contributed by atoms with Gasteiger partial charge in [0.05, 0.1) is 18.5 Å². The van der Waals surface area contributed by atoms with E-state index in [9.17, 15) is 9.90 Å². The zero-order chi connectivity index (χ0) is 16.8. The molecule has 0 saturated heterocycles. The molecule has 2 amide bonds. The third-order valence-corrected chi connectivity index (χ3v) is 4.61. The van der Waals surface area contributed by atoms with Crippen LogP contribution in [0.4, 0.5) is 4.79 Å². The first-order valence-electron chi connectivity index (χ1n) is 8.40. The van der Waals surface area contributed by atoms with E-state index in [1.165, 1.54) is 0 Å². The van der Waals surface area contributed by atoms with Crippen LogP contribution in [0.25, 0.3) is 0 Å². The number of carbonyl (C=O) groups is 1. The highest BCUT2D eigenvalue weighted by Crippen LogP contribution is 2.28. The largest absolute Gasteiger partial charge is 0.394 e. The summed E-state index contributed by atoms with van der Waals surface area (Å²) in [6.45, 7) is 1.22. The number of amides is 2. The number of hydrogen-bond donors (Lipinski definition) is 3. The second-order valence-corrected chi connectivity index (χ2v) is 6.51. The Morgan fingerprint density at radius 1 is 1.29 bits per heavy atom. The van der Waals surface area contributed by atoms with Crippen molar-refractivity contribution >= 4 is 6.03 Å². The summed E-state index contributed by atoms with van der Waals surface area (Å²) in [5, 5.41) is 15.4. The van der Waals surface area contributed by atoms with Gasteiger partial charge < -0.3 is 20.3 Å². The lowest BCUT2D eigenvalue weighted by Crippen LogP contribution is -2.52. The molecule has 0 bridgehead atoms. The van der Waals surface area contributed by atoms with E-state index in [0.717, 1.165) is 43.4 Å². The first kappa shape index (κ1) is 16.5. The zero-order valence-corrected chi connectivity index (χ0v) is 13.7. The monoisotopic (exact) mass is 328 g/mol. The molecule has 1 aliphatic rings. The van der Waals surface area contributed by atoms with Crippen LogP contribution in [0.1, 0.15) is 36.8 Å². The average Bonchev–Trinajstić information content (AvgIpc) is 3.26. The Kier molecular flexibility index (Phi) is 5.15. The Hall–Kier alpha value is -2.34. The second-order valence-electron chi connectivity index (χ2n) is 6.51. The van der Waals surface area contributed by atoms with Gasteiger partial charge in [0.2, 0.25) is 0 Å². The number of carbonyl (C=O) groups excluding carboxylic acids is 1. The molecule has 6 heteroatoms. The van der Waals surface area contributed by atoms with Crippen molar-refractivity contribution in [3.05, 3.63) is 54.1 Å². The van der Waals surface area contributed by atoms with Gasteiger partial charge in [0, 0.05) is 25.5 Å². The molecule has 0 atom stereocenters. The van der Waals surface area contributed by atoms with Gasteiger partial charge in [-0.1, -0.05) is 37.1 Å². The molecule has 0 aliphatic heterocycles. The van der Waals surface area contributed by atoms with E-state index < -0.39 is 5.54 Å². The van der Waals surface area contributed by atoms with Crippen LogP contribution in [0, 0.1) is 0 Å². The molecule has 1 heterocycles. The standard InChI is InChI=1S/C18H24N4O2/c23-13-18(6-1-2-7-18)21-17(24)20-11-15-4-3-5-16(10-15)12-22-9-8-19-14-22/h3-5,8-10,14,23H,1-2,6-7,11-13H2,(H2,20,21,24). The number of hydrogen-bond acceptors (Lipinski definition) is 3. The van der Waals surface area contributed by atoms with Crippen molar-refractivity contribution in [1.82, 2.24) is 20.2 Å². The second kappa shape index (κ2) is 7.49. The Bertz CT molecular complexity index is 663. The predicted molar refractivity (Wildman–Crippen MR) is 91.4 cm³/mol. The average molecular weight is 328 g/mol. The van der Waals surface area contributed by atoms with Crippen molar-refractivity contribution in [3.8, 4) is 0 Å². The summed E-state index contributed by atoms with van der Waals surface area (Å²) in [7, 11) is 0. The fourth-order valence-corrected chi connectivity index (χ4v) is 3.27.